The monoisotopic (exact) mass is 280 g/mol. The average molecular weight is 280 g/mol. The molecule has 3 rings (SSSR count). The highest BCUT2D eigenvalue weighted by atomic mass is 16.5. The molecule has 0 amide bonds. The van der Waals surface area contributed by atoms with Crippen molar-refractivity contribution in [2.75, 3.05) is 12.4 Å². The maximum atomic E-state index is 10.1. The van der Waals surface area contributed by atoms with Crippen molar-refractivity contribution in [2.45, 2.75) is 6.54 Å². The molecule has 2 aromatic carbocycles. The molecule has 4 nitrogen and oxygen atoms in total. The van der Waals surface area contributed by atoms with Crippen molar-refractivity contribution >= 4 is 16.5 Å². The number of phenols is 1. The summed E-state index contributed by atoms with van der Waals surface area (Å²) in [5, 5.41) is 15.5. The summed E-state index contributed by atoms with van der Waals surface area (Å²) in [4.78, 5) is 4.15. The van der Waals surface area contributed by atoms with Gasteiger partial charge in [0.1, 0.15) is 5.75 Å². The minimum absolute atomic E-state index is 0.282. The van der Waals surface area contributed by atoms with E-state index in [1.165, 1.54) is 0 Å². The molecule has 0 fully saturated rings. The minimum atomic E-state index is 0.282. The van der Waals surface area contributed by atoms with Gasteiger partial charge in [0, 0.05) is 18.3 Å². The van der Waals surface area contributed by atoms with Gasteiger partial charge < -0.3 is 15.2 Å². The molecule has 0 aliphatic heterocycles. The van der Waals surface area contributed by atoms with Crippen LogP contribution in [0.15, 0.2) is 54.7 Å². The zero-order valence-electron chi connectivity index (χ0n) is 11.7. The maximum Gasteiger partial charge on any atom is 0.237 e. The van der Waals surface area contributed by atoms with Crippen LogP contribution in [0.25, 0.3) is 10.8 Å². The number of nitrogens with one attached hydrogen (secondary N) is 1. The minimum Gasteiger partial charge on any atom is -0.508 e. The van der Waals surface area contributed by atoms with Gasteiger partial charge in [-0.05, 0) is 29.0 Å². The fourth-order valence-electron chi connectivity index (χ4n) is 2.38. The van der Waals surface area contributed by atoms with E-state index in [-0.39, 0.29) is 5.75 Å². The SMILES string of the molecule is COc1ncccc1NCc1c(O)ccc2ccccc12. The van der Waals surface area contributed by atoms with E-state index in [0.717, 1.165) is 22.0 Å². The van der Waals surface area contributed by atoms with Gasteiger partial charge in [-0.3, -0.25) is 0 Å². The first-order valence-electron chi connectivity index (χ1n) is 6.72. The van der Waals surface area contributed by atoms with Crippen molar-refractivity contribution in [3.8, 4) is 11.6 Å². The van der Waals surface area contributed by atoms with E-state index >= 15 is 0 Å². The normalized spacial score (nSPS) is 10.5. The first-order valence-corrected chi connectivity index (χ1v) is 6.72. The van der Waals surface area contributed by atoms with Gasteiger partial charge in [0.15, 0.2) is 0 Å². The molecular formula is C17H16N2O2. The first-order chi connectivity index (χ1) is 10.3. The van der Waals surface area contributed by atoms with E-state index in [1.54, 1.807) is 19.4 Å². The molecule has 0 bridgehead atoms. The average Bonchev–Trinajstić information content (AvgIpc) is 2.54. The third-order valence-corrected chi connectivity index (χ3v) is 3.44. The van der Waals surface area contributed by atoms with Crippen LogP contribution in [-0.4, -0.2) is 17.2 Å². The Bertz CT molecular complexity index is 772. The molecule has 0 aliphatic rings. The molecule has 0 saturated carbocycles. The number of hydrogen-bond donors (Lipinski definition) is 2. The second-order valence-corrected chi connectivity index (χ2v) is 4.70. The van der Waals surface area contributed by atoms with Crippen molar-refractivity contribution in [2.24, 2.45) is 0 Å². The number of fused-ring (bicyclic) bond motifs is 1. The summed E-state index contributed by atoms with van der Waals surface area (Å²) in [5.41, 5.74) is 1.66. The first kappa shape index (κ1) is 13.2. The highest BCUT2D eigenvalue weighted by Gasteiger charge is 2.08. The number of aromatic nitrogens is 1. The Balaban J connectivity index is 1.93. The molecule has 3 aromatic rings. The van der Waals surface area contributed by atoms with E-state index in [9.17, 15) is 5.11 Å². The fraction of sp³-hybridized carbons (Fsp3) is 0.118. The maximum absolute atomic E-state index is 10.1. The molecule has 2 N–H and O–H groups in total. The number of pyridine rings is 1. The summed E-state index contributed by atoms with van der Waals surface area (Å²) in [6.45, 7) is 0.495. The Morgan fingerprint density at radius 1 is 1.10 bits per heavy atom. The number of ether oxygens (including phenoxy) is 1. The van der Waals surface area contributed by atoms with Crippen molar-refractivity contribution in [3.63, 3.8) is 0 Å². The van der Waals surface area contributed by atoms with E-state index in [4.69, 9.17) is 4.74 Å². The molecule has 0 unspecified atom stereocenters. The summed E-state index contributed by atoms with van der Waals surface area (Å²) >= 11 is 0. The molecule has 21 heavy (non-hydrogen) atoms. The molecule has 1 heterocycles. The summed E-state index contributed by atoms with van der Waals surface area (Å²) in [5.74, 6) is 0.821. The molecule has 0 saturated heterocycles. The van der Waals surface area contributed by atoms with Gasteiger partial charge >= 0.3 is 0 Å². The third kappa shape index (κ3) is 2.60. The molecule has 4 heteroatoms. The van der Waals surface area contributed by atoms with Crippen LogP contribution in [0.4, 0.5) is 5.69 Å². The lowest BCUT2D eigenvalue weighted by Crippen LogP contribution is -2.03. The van der Waals surface area contributed by atoms with E-state index in [1.807, 2.05) is 42.5 Å². The number of nitrogens with zero attached hydrogens (tertiary/aromatic N) is 1. The summed E-state index contributed by atoms with van der Waals surface area (Å²) in [6.07, 6.45) is 1.68. The Kier molecular flexibility index (Phi) is 3.60. The zero-order valence-corrected chi connectivity index (χ0v) is 11.7. The molecular weight excluding hydrogens is 264 g/mol. The zero-order chi connectivity index (χ0) is 14.7. The van der Waals surface area contributed by atoms with Crippen LogP contribution in [-0.2, 0) is 6.54 Å². The molecule has 1 aromatic heterocycles. The molecule has 0 radical (unpaired) electrons. The lowest BCUT2D eigenvalue weighted by Gasteiger charge is -2.13. The van der Waals surface area contributed by atoms with Gasteiger partial charge in [0.05, 0.1) is 12.8 Å². The number of aromatic hydroxyl groups is 1. The van der Waals surface area contributed by atoms with Crippen molar-refractivity contribution in [1.29, 1.82) is 0 Å². The topological polar surface area (TPSA) is 54.4 Å². The Morgan fingerprint density at radius 2 is 1.95 bits per heavy atom. The Morgan fingerprint density at radius 3 is 2.81 bits per heavy atom. The lowest BCUT2D eigenvalue weighted by molar-refractivity contribution is 0.399. The lowest BCUT2D eigenvalue weighted by atomic mass is 10.0. The number of phenolic OH excluding ortho intramolecular Hbond substituents is 1. The highest BCUT2D eigenvalue weighted by Crippen LogP contribution is 2.29. The third-order valence-electron chi connectivity index (χ3n) is 3.44. The second kappa shape index (κ2) is 5.71. The van der Waals surface area contributed by atoms with Crippen LogP contribution in [0, 0.1) is 0 Å². The van der Waals surface area contributed by atoms with Gasteiger partial charge in [0.25, 0.3) is 0 Å². The summed E-state index contributed by atoms with van der Waals surface area (Å²) < 4.78 is 5.22. The van der Waals surface area contributed by atoms with E-state index < -0.39 is 0 Å². The van der Waals surface area contributed by atoms with Crippen molar-refractivity contribution < 1.29 is 9.84 Å². The van der Waals surface area contributed by atoms with Gasteiger partial charge in [-0.2, -0.15) is 0 Å². The van der Waals surface area contributed by atoms with Crippen LogP contribution in [0.2, 0.25) is 0 Å². The van der Waals surface area contributed by atoms with Crippen LogP contribution in [0.5, 0.6) is 11.6 Å². The Hall–Kier alpha value is -2.75. The van der Waals surface area contributed by atoms with Crippen LogP contribution >= 0.6 is 0 Å². The number of methoxy groups -OCH3 is 1. The molecule has 0 spiro atoms. The van der Waals surface area contributed by atoms with Gasteiger partial charge in [0.2, 0.25) is 5.88 Å². The molecule has 0 aliphatic carbocycles. The predicted molar refractivity (Wildman–Crippen MR) is 83.7 cm³/mol. The Labute approximate surface area is 123 Å². The summed E-state index contributed by atoms with van der Waals surface area (Å²) in [6, 6.07) is 15.4. The van der Waals surface area contributed by atoms with Crippen LogP contribution in [0.1, 0.15) is 5.56 Å². The van der Waals surface area contributed by atoms with E-state index in [2.05, 4.69) is 10.3 Å². The van der Waals surface area contributed by atoms with Gasteiger partial charge in [-0.25, -0.2) is 4.98 Å². The smallest absolute Gasteiger partial charge is 0.237 e. The quantitative estimate of drug-likeness (QED) is 0.767. The number of rotatable bonds is 4. The number of anilines is 1. The van der Waals surface area contributed by atoms with Crippen LogP contribution in [0.3, 0.4) is 0 Å². The van der Waals surface area contributed by atoms with E-state index in [0.29, 0.717) is 12.4 Å². The van der Waals surface area contributed by atoms with Crippen molar-refractivity contribution in [1.82, 2.24) is 4.98 Å². The second-order valence-electron chi connectivity index (χ2n) is 4.70. The van der Waals surface area contributed by atoms with Crippen molar-refractivity contribution in [3.05, 3.63) is 60.3 Å². The summed E-state index contributed by atoms with van der Waals surface area (Å²) in [7, 11) is 1.59. The number of hydrogen-bond acceptors (Lipinski definition) is 4. The molecule has 106 valence electrons. The standard InChI is InChI=1S/C17H16N2O2/c1-21-17-15(7-4-10-18-17)19-11-14-13-6-3-2-5-12(13)8-9-16(14)20/h2-10,19-20H,11H2,1H3. The fourth-order valence-corrected chi connectivity index (χ4v) is 2.38. The highest BCUT2D eigenvalue weighted by molar-refractivity contribution is 5.87. The predicted octanol–water partition coefficient (Wildman–Crippen LogP) is 3.56. The van der Waals surface area contributed by atoms with Crippen LogP contribution < -0.4 is 10.1 Å². The largest absolute Gasteiger partial charge is 0.508 e. The number of benzene rings is 2. The molecule has 0 atom stereocenters. The van der Waals surface area contributed by atoms with Gasteiger partial charge in [-0.15, -0.1) is 0 Å². The van der Waals surface area contributed by atoms with Gasteiger partial charge in [-0.1, -0.05) is 30.3 Å².